The molecule has 12 atom stereocenters. The predicted octanol–water partition coefficient (Wildman–Crippen LogP) is 1.34. The highest BCUT2D eigenvalue weighted by Crippen LogP contribution is 2.68. The standard InChI is InChI=1S/C26H45NO8S/c1-14(10-21(30)24(32)27-8-9-36(33,34)35)17-4-5-18-23-19(13-22(31)26(17,18)3)25(2)7-6-16(28)11-15(25)12-20(23)29/h14-23,28-31H,4-13H2,1-3H3,(H,27,32)(H,33,34,35). The number of amides is 1. The van der Waals surface area contributed by atoms with Crippen molar-refractivity contribution in [2.45, 2.75) is 96.6 Å². The third-order valence-electron chi connectivity index (χ3n) is 11.1. The lowest BCUT2D eigenvalue weighted by molar-refractivity contribution is -0.207. The summed E-state index contributed by atoms with van der Waals surface area (Å²) in [5, 5.41) is 46.1. The van der Waals surface area contributed by atoms with Gasteiger partial charge in [-0.05, 0) is 97.7 Å². The zero-order chi connectivity index (χ0) is 26.6. The summed E-state index contributed by atoms with van der Waals surface area (Å²) in [7, 11) is -4.20. The molecule has 9 nitrogen and oxygen atoms in total. The van der Waals surface area contributed by atoms with Crippen LogP contribution in [0.5, 0.6) is 0 Å². The molecule has 4 fully saturated rings. The molecule has 0 radical (unpaired) electrons. The first-order chi connectivity index (χ1) is 16.7. The summed E-state index contributed by atoms with van der Waals surface area (Å²) in [5.74, 6) is -0.554. The molecule has 4 aliphatic rings. The summed E-state index contributed by atoms with van der Waals surface area (Å²) in [5.41, 5.74) is -0.425. The largest absolute Gasteiger partial charge is 0.393 e. The second-order valence-corrected chi connectivity index (χ2v) is 14.4. The highest BCUT2D eigenvalue weighted by molar-refractivity contribution is 7.85. The Morgan fingerprint density at radius 3 is 2.42 bits per heavy atom. The van der Waals surface area contributed by atoms with Crippen molar-refractivity contribution in [2.24, 2.45) is 46.3 Å². The molecule has 0 spiro atoms. The lowest BCUT2D eigenvalue weighted by Crippen LogP contribution is -2.62. The molecule has 6 N–H and O–H groups in total. The summed E-state index contributed by atoms with van der Waals surface area (Å²) in [6, 6.07) is 0. The van der Waals surface area contributed by atoms with Gasteiger partial charge in [-0.3, -0.25) is 9.35 Å². The molecule has 0 aromatic carbocycles. The zero-order valence-corrected chi connectivity index (χ0v) is 22.5. The first kappa shape index (κ1) is 28.2. The zero-order valence-electron chi connectivity index (χ0n) is 21.7. The van der Waals surface area contributed by atoms with Gasteiger partial charge in [-0.25, -0.2) is 0 Å². The molecule has 0 aromatic rings. The van der Waals surface area contributed by atoms with Crippen LogP contribution in [-0.4, -0.2) is 76.0 Å². The van der Waals surface area contributed by atoms with Gasteiger partial charge in [0, 0.05) is 6.54 Å². The Kier molecular flexibility index (Phi) is 7.90. The molecule has 0 aliphatic heterocycles. The van der Waals surface area contributed by atoms with E-state index in [1.54, 1.807) is 0 Å². The van der Waals surface area contributed by atoms with Crippen LogP contribution >= 0.6 is 0 Å². The lowest BCUT2D eigenvalue weighted by atomic mass is 9.43. The highest BCUT2D eigenvalue weighted by Gasteiger charge is 2.65. The molecular weight excluding hydrogens is 486 g/mol. The Morgan fingerprint density at radius 1 is 1.06 bits per heavy atom. The van der Waals surface area contributed by atoms with Crippen molar-refractivity contribution in [3.63, 3.8) is 0 Å². The lowest BCUT2D eigenvalue weighted by Gasteiger charge is -2.63. The maximum atomic E-state index is 12.3. The van der Waals surface area contributed by atoms with Crippen LogP contribution in [0, 0.1) is 46.3 Å². The molecule has 0 aromatic heterocycles. The van der Waals surface area contributed by atoms with Gasteiger partial charge in [0.15, 0.2) is 0 Å². The molecular formula is C26H45NO8S. The summed E-state index contributed by atoms with van der Waals surface area (Å²) in [4.78, 5) is 12.3. The van der Waals surface area contributed by atoms with Gasteiger partial charge < -0.3 is 25.7 Å². The van der Waals surface area contributed by atoms with E-state index in [0.717, 1.165) is 32.1 Å². The van der Waals surface area contributed by atoms with E-state index in [1.807, 2.05) is 6.92 Å². The Labute approximate surface area is 214 Å². The number of hydrogen-bond donors (Lipinski definition) is 6. The van der Waals surface area contributed by atoms with E-state index in [2.05, 4.69) is 19.2 Å². The van der Waals surface area contributed by atoms with Crippen LogP contribution in [0.1, 0.15) is 72.1 Å². The van der Waals surface area contributed by atoms with Gasteiger partial charge in [-0.2, -0.15) is 8.42 Å². The van der Waals surface area contributed by atoms with Crippen LogP contribution < -0.4 is 5.32 Å². The fraction of sp³-hybridized carbons (Fsp3) is 0.962. The Morgan fingerprint density at radius 2 is 1.75 bits per heavy atom. The van der Waals surface area contributed by atoms with Gasteiger partial charge >= 0.3 is 0 Å². The van der Waals surface area contributed by atoms with Crippen LogP contribution in [0.25, 0.3) is 0 Å². The Bertz CT molecular complexity index is 929. The molecule has 4 aliphatic carbocycles. The third kappa shape index (κ3) is 4.98. The topological polar surface area (TPSA) is 164 Å². The maximum Gasteiger partial charge on any atom is 0.266 e. The molecule has 1 amide bonds. The van der Waals surface area contributed by atoms with Crippen LogP contribution in [0.4, 0.5) is 0 Å². The molecule has 208 valence electrons. The van der Waals surface area contributed by atoms with Gasteiger partial charge in [0.25, 0.3) is 10.1 Å². The van der Waals surface area contributed by atoms with E-state index in [1.165, 1.54) is 0 Å². The van der Waals surface area contributed by atoms with Crippen LogP contribution in [-0.2, 0) is 14.9 Å². The summed E-state index contributed by atoms with van der Waals surface area (Å²) in [6.07, 6.45) is 3.04. The second kappa shape index (κ2) is 10.1. The Hall–Kier alpha value is -0.780. The summed E-state index contributed by atoms with van der Waals surface area (Å²) < 4.78 is 30.5. The molecule has 10 heteroatoms. The second-order valence-electron chi connectivity index (χ2n) is 12.8. The molecule has 12 unspecified atom stereocenters. The maximum absolute atomic E-state index is 12.3. The monoisotopic (exact) mass is 531 g/mol. The van der Waals surface area contributed by atoms with Gasteiger partial charge in [0.2, 0.25) is 5.91 Å². The quantitative estimate of drug-likeness (QED) is 0.268. The SMILES string of the molecule is CC(CC(O)C(=O)NCCS(=O)(=O)O)C1CCC2C3C(O)CC4CC(O)CCC4(C)C3CC(O)C12C. The van der Waals surface area contributed by atoms with Crippen molar-refractivity contribution in [3.05, 3.63) is 0 Å². The average Bonchev–Trinajstić information content (AvgIpc) is 3.13. The number of aliphatic hydroxyl groups excluding tert-OH is 4. The first-order valence-electron chi connectivity index (χ1n) is 13.6. The fourth-order valence-electron chi connectivity index (χ4n) is 9.18. The van der Waals surface area contributed by atoms with Crippen molar-refractivity contribution in [1.29, 1.82) is 0 Å². The number of aliphatic hydroxyl groups is 4. The molecule has 4 rings (SSSR count). The average molecular weight is 532 g/mol. The normalized spacial score (nSPS) is 46.2. The van der Waals surface area contributed by atoms with Crippen LogP contribution in [0.15, 0.2) is 0 Å². The van der Waals surface area contributed by atoms with E-state index in [4.69, 9.17) is 4.55 Å². The number of carbonyl (C=O) groups is 1. The molecule has 0 bridgehead atoms. The van der Waals surface area contributed by atoms with E-state index in [-0.39, 0.29) is 60.0 Å². The van der Waals surface area contributed by atoms with Crippen LogP contribution in [0.3, 0.4) is 0 Å². The van der Waals surface area contributed by atoms with Gasteiger partial charge in [0.1, 0.15) is 6.10 Å². The summed E-state index contributed by atoms with van der Waals surface area (Å²) in [6.45, 7) is 6.14. The van der Waals surface area contributed by atoms with Crippen molar-refractivity contribution in [3.8, 4) is 0 Å². The molecule has 36 heavy (non-hydrogen) atoms. The number of fused-ring (bicyclic) bond motifs is 5. The van der Waals surface area contributed by atoms with Gasteiger partial charge in [-0.1, -0.05) is 20.8 Å². The van der Waals surface area contributed by atoms with Gasteiger partial charge in [-0.15, -0.1) is 0 Å². The smallest absolute Gasteiger partial charge is 0.266 e. The Balaban J connectivity index is 1.46. The number of rotatable bonds is 7. The van der Waals surface area contributed by atoms with Crippen molar-refractivity contribution >= 4 is 16.0 Å². The van der Waals surface area contributed by atoms with E-state index >= 15 is 0 Å². The third-order valence-corrected chi connectivity index (χ3v) is 11.8. The molecule has 0 saturated heterocycles. The number of hydrogen-bond acceptors (Lipinski definition) is 7. The van der Waals surface area contributed by atoms with Gasteiger partial charge in [0.05, 0.1) is 24.1 Å². The first-order valence-corrected chi connectivity index (χ1v) is 15.2. The fourth-order valence-corrected chi connectivity index (χ4v) is 9.54. The summed E-state index contributed by atoms with van der Waals surface area (Å²) >= 11 is 0. The molecule has 0 heterocycles. The van der Waals surface area contributed by atoms with E-state index < -0.39 is 45.5 Å². The van der Waals surface area contributed by atoms with Crippen molar-refractivity contribution < 1.29 is 38.2 Å². The molecule has 4 saturated carbocycles. The van der Waals surface area contributed by atoms with E-state index in [9.17, 15) is 33.6 Å². The highest BCUT2D eigenvalue weighted by atomic mass is 32.2. The number of carbonyl (C=O) groups excluding carboxylic acids is 1. The minimum absolute atomic E-state index is 0.00543. The van der Waals surface area contributed by atoms with E-state index in [0.29, 0.717) is 12.8 Å². The predicted molar refractivity (Wildman–Crippen MR) is 133 cm³/mol. The number of nitrogens with one attached hydrogen (secondary N) is 1. The minimum Gasteiger partial charge on any atom is -0.393 e. The van der Waals surface area contributed by atoms with Crippen LogP contribution in [0.2, 0.25) is 0 Å². The minimum atomic E-state index is -4.20. The van der Waals surface area contributed by atoms with Crippen molar-refractivity contribution in [1.82, 2.24) is 5.32 Å². The van der Waals surface area contributed by atoms with Crippen molar-refractivity contribution in [2.75, 3.05) is 12.3 Å².